The number of amides is 1. The van der Waals surface area contributed by atoms with Crippen LogP contribution in [0.5, 0.6) is 0 Å². The summed E-state index contributed by atoms with van der Waals surface area (Å²) in [6.45, 7) is 7.70. The van der Waals surface area contributed by atoms with E-state index < -0.39 is 0 Å². The highest BCUT2D eigenvalue weighted by atomic mass is 127. The minimum atomic E-state index is 0. The molecule has 0 aromatic rings. The summed E-state index contributed by atoms with van der Waals surface area (Å²) in [6.07, 6.45) is 6.64. The average molecular weight is 465 g/mol. The minimum Gasteiger partial charge on any atom is -0.359 e. The van der Waals surface area contributed by atoms with Crippen LogP contribution in [0.1, 0.15) is 45.4 Å². The maximum Gasteiger partial charge on any atom is 0.220 e. The Hall–Kier alpha value is -0.570. The standard InChI is InChI=1S/C18H35N5O.HI/c1-4-16(22-9-5-6-10-22)14-21-18(20-3)23-11-7-15(8-12-23)13-17(24)19-2;/h15-16H,4-14H2,1-3H3,(H,19,24)(H,20,21);1H. The van der Waals surface area contributed by atoms with E-state index >= 15 is 0 Å². The monoisotopic (exact) mass is 465 g/mol. The van der Waals surface area contributed by atoms with Crippen LogP contribution in [-0.2, 0) is 4.79 Å². The predicted octanol–water partition coefficient (Wildman–Crippen LogP) is 1.90. The molecule has 7 heteroatoms. The fourth-order valence-electron chi connectivity index (χ4n) is 3.89. The van der Waals surface area contributed by atoms with Gasteiger partial charge in [0.25, 0.3) is 0 Å². The Bertz CT molecular complexity index is 418. The molecule has 2 heterocycles. The van der Waals surface area contributed by atoms with E-state index in [-0.39, 0.29) is 29.9 Å². The van der Waals surface area contributed by atoms with Gasteiger partial charge in [-0.25, -0.2) is 0 Å². The van der Waals surface area contributed by atoms with Gasteiger partial charge >= 0.3 is 0 Å². The smallest absolute Gasteiger partial charge is 0.220 e. The zero-order valence-corrected chi connectivity index (χ0v) is 18.4. The zero-order chi connectivity index (χ0) is 17.4. The van der Waals surface area contributed by atoms with Crippen molar-refractivity contribution in [2.75, 3.05) is 46.8 Å². The topological polar surface area (TPSA) is 60.0 Å². The van der Waals surface area contributed by atoms with E-state index in [1.807, 2.05) is 7.05 Å². The van der Waals surface area contributed by atoms with E-state index in [0.29, 0.717) is 18.4 Å². The molecule has 0 spiro atoms. The Morgan fingerprint density at radius 3 is 2.36 bits per heavy atom. The van der Waals surface area contributed by atoms with Gasteiger partial charge in [0.2, 0.25) is 5.91 Å². The first-order chi connectivity index (χ1) is 11.7. The van der Waals surface area contributed by atoms with Crippen LogP contribution in [0.3, 0.4) is 0 Å². The maximum atomic E-state index is 11.5. The lowest BCUT2D eigenvalue weighted by Crippen LogP contribution is -2.50. The molecule has 2 saturated heterocycles. The SMILES string of the molecule is CCC(CNC(=NC)N1CCC(CC(=O)NC)CC1)N1CCCC1.I. The van der Waals surface area contributed by atoms with Gasteiger partial charge < -0.3 is 15.5 Å². The number of nitrogens with zero attached hydrogens (tertiary/aromatic N) is 3. The quantitative estimate of drug-likeness (QED) is 0.358. The number of likely N-dealkylation sites (tertiary alicyclic amines) is 2. The Balaban J connectivity index is 0.00000312. The molecule has 0 radical (unpaired) electrons. The predicted molar refractivity (Wildman–Crippen MR) is 115 cm³/mol. The van der Waals surface area contributed by atoms with Crippen molar-refractivity contribution in [3.63, 3.8) is 0 Å². The van der Waals surface area contributed by atoms with Gasteiger partial charge in [0.05, 0.1) is 0 Å². The van der Waals surface area contributed by atoms with Gasteiger partial charge in [-0.3, -0.25) is 14.7 Å². The van der Waals surface area contributed by atoms with Gasteiger partial charge in [0, 0.05) is 46.2 Å². The number of hydrogen-bond donors (Lipinski definition) is 2. The van der Waals surface area contributed by atoms with Crippen molar-refractivity contribution >= 4 is 35.8 Å². The second-order valence-corrected chi connectivity index (χ2v) is 7.04. The molecule has 0 bridgehead atoms. The number of hydrogen-bond acceptors (Lipinski definition) is 3. The van der Waals surface area contributed by atoms with Crippen molar-refractivity contribution in [1.29, 1.82) is 0 Å². The van der Waals surface area contributed by atoms with E-state index in [2.05, 4.69) is 32.3 Å². The molecule has 2 aliphatic rings. The van der Waals surface area contributed by atoms with Crippen LogP contribution in [-0.4, -0.2) is 74.5 Å². The van der Waals surface area contributed by atoms with E-state index in [4.69, 9.17) is 0 Å². The van der Waals surface area contributed by atoms with Gasteiger partial charge in [-0.1, -0.05) is 6.92 Å². The van der Waals surface area contributed by atoms with E-state index in [9.17, 15) is 4.79 Å². The summed E-state index contributed by atoms with van der Waals surface area (Å²) in [7, 11) is 3.59. The van der Waals surface area contributed by atoms with Gasteiger partial charge in [-0.05, 0) is 51.1 Å². The number of carbonyl (C=O) groups is 1. The largest absolute Gasteiger partial charge is 0.359 e. The Labute approximate surface area is 170 Å². The van der Waals surface area contributed by atoms with E-state index in [1.165, 1.54) is 32.4 Å². The lowest BCUT2D eigenvalue weighted by Gasteiger charge is -2.35. The highest BCUT2D eigenvalue weighted by Gasteiger charge is 2.24. The molecular formula is C18H36IN5O. The lowest BCUT2D eigenvalue weighted by atomic mass is 9.93. The molecule has 0 saturated carbocycles. The average Bonchev–Trinajstić information content (AvgIpc) is 3.14. The third-order valence-corrected chi connectivity index (χ3v) is 5.50. The molecule has 2 N–H and O–H groups in total. The van der Waals surface area contributed by atoms with Crippen molar-refractivity contribution in [3.8, 4) is 0 Å². The van der Waals surface area contributed by atoms with Crippen LogP contribution in [0.25, 0.3) is 0 Å². The molecular weight excluding hydrogens is 429 g/mol. The number of nitrogens with one attached hydrogen (secondary N) is 2. The number of aliphatic imine (C=N–C) groups is 1. The Morgan fingerprint density at radius 1 is 1.20 bits per heavy atom. The first-order valence-corrected chi connectivity index (χ1v) is 9.58. The van der Waals surface area contributed by atoms with E-state index in [0.717, 1.165) is 38.4 Å². The minimum absolute atomic E-state index is 0. The molecule has 0 aromatic heterocycles. The van der Waals surface area contributed by atoms with Crippen molar-refractivity contribution in [2.45, 2.75) is 51.5 Å². The van der Waals surface area contributed by atoms with E-state index in [1.54, 1.807) is 7.05 Å². The molecule has 1 atom stereocenters. The summed E-state index contributed by atoms with van der Waals surface area (Å²) >= 11 is 0. The summed E-state index contributed by atoms with van der Waals surface area (Å²) in [4.78, 5) is 21.0. The normalized spacial score (nSPS) is 20.9. The molecule has 1 unspecified atom stereocenters. The molecule has 2 aliphatic heterocycles. The third kappa shape index (κ3) is 6.92. The summed E-state index contributed by atoms with van der Waals surface area (Å²) in [5.41, 5.74) is 0. The number of guanidine groups is 1. The number of rotatable bonds is 6. The van der Waals surface area contributed by atoms with Crippen LogP contribution in [0, 0.1) is 5.92 Å². The van der Waals surface area contributed by atoms with Crippen molar-refractivity contribution in [2.24, 2.45) is 10.9 Å². The van der Waals surface area contributed by atoms with Gasteiger partial charge in [-0.15, -0.1) is 24.0 Å². The number of piperidine rings is 1. The zero-order valence-electron chi connectivity index (χ0n) is 16.1. The van der Waals surface area contributed by atoms with Crippen molar-refractivity contribution in [3.05, 3.63) is 0 Å². The van der Waals surface area contributed by atoms with Crippen molar-refractivity contribution < 1.29 is 4.79 Å². The fraction of sp³-hybridized carbons (Fsp3) is 0.889. The van der Waals surface area contributed by atoms with Crippen LogP contribution in [0.2, 0.25) is 0 Å². The summed E-state index contributed by atoms with van der Waals surface area (Å²) < 4.78 is 0. The summed E-state index contributed by atoms with van der Waals surface area (Å²) in [5, 5.41) is 6.32. The lowest BCUT2D eigenvalue weighted by molar-refractivity contribution is -0.121. The van der Waals surface area contributed by atoms with Crippen molar-refractivity contribution in [1.82, 2.24) is 20.4 Å². The van der Waals surface area contributed by atoms with Gasteiger partial charge in [-0.2, -0.15) is 0 Å². The molecule has 0 aromatic carbocycles. The Kier molecular flexibility index (Phi) is 10.7. The molecule has 1 amide bonds. The van der Waals surface area contributed by atoms with Gasteiger partial charge in [0.1, 0.15) is 0 Å². The first-order valence-electron chi connectivity index (χ1n) is 9.58. The molecule has 6 nitrogen and oxygen atoms in total. The van der Waals surface area contributed by atoms with Crippen LogP contribution in [0.4, 0.5) is 0 Å². The Morgan fingerprint density at radius 2 is 1.84 bits per heavy atom. The molecule has 146 valence electrons. The molecule has 2 fully saturated rings. The summed E-state index contributed by atoms with van der Waals surface area (Å²) in [5.74, 6) is 1.69. The summed E-state index contributed by atoms with van der Waals surface area (Å²) in [6, 6.07) is 0.607. The molecule has 0 aliphatic carbocycles. The number of halogens is 1. The molecule has 2 rings (SSSR count). The second kappa shape index (κ2) is 11.9. The van der Waals surface area contributed by atoms with Crippen LogP contribution < -0.4 is 10.6 Å². The molecule has 25 heavy (non-hydrogen) atoms. The first kappa shape index (κ1) is 22.5. The highest BCUT2D eigenvalue weighted by Crippen LogP contribution is 2.20. The second-order valence-electron chi connectivity index (χ2n) is 7.04. The third-order valence-electron chi connectivity index (χ3n) is 5.50. The number of carbonyl (C=O) groups excluding carboxylic acids is 1. The fourth-order valence-corrected chi connectivity index (χ4v) is 3.89. The van der Waals surface area contributed by atoms with Crippen LogP contribution in [0.15, 0.2) is 4.99 Å². The maximum absolute atomic E-state index is 11.5. The van der Waals surface area contributed by atoms with Gasteiger partial charge in [0.15, 0.2) is 5.96 Å². The highest BCUT2D eigenvalue weighted by molar-refractivity contribution is 14.0. The van der Waals surface area contributed by atoms with Crippen LogP contribution >= 0.6 is 24.0 Å².